The molecule has 0 spiro atoms. The van der Waals surface area contributed by atoms with E-state index in [9.17, 15) is 4.79 Å². The molecule has 1 heterocycles. The van der Waals surface area contributed by atoms with Gasteiger partial charge < -0.3 is 5.73 Å². The summed E-state index contributed by atoms with van der Waals surface area (Å²) in [5, 5.41) is 18.2. The lowest BCUT2D eigenvalue weighted by atomic mass is 10.2. The molecule has 0 saturated carbocycles. The van der Waals surface area contributed by atoms with E-state index in [0.29, 0.717) is 10.7 Å². The van der Waals surface area contributed by atoms with Gasteiger partial charge in [0.25, 0.3) is 5.56 Å². The van der Waals surface area contributed by atoms with Crippen LogP contribution in [0.1, 0.15) is 11.1 Å². The van der Waals surface area contributed by atoms with Gasteiger partial charge in [-0.1, -0.05) is 23.7 Å². The largest absolute Gasteiger partial charge is 0.384 e. The minimum Gasteiger partial charge on any atom is -0.384 e. The van der Waals surface area contributed by atoms with Crippen molar-refractivity contribution in [2.75, 3.05) is 5.73 Å². The zero-order valence-electron chi connectivity index (χ0n) is 9.59. The average Bonchev–Trinajstić information content (AvgIpc) is 2.41. The first-order valence-corrected chi connectivity index (χ1v) is 5.58. The van der Waals surface area contributed by atoms with Crippen LogP contribution < -0.4 is 11.3 Å². The second-order valence-electron chi connectivity index (χ2n) is 3.67. The Bertz CT molecular complexity index is 796. The zero-order chi connectivity index (χ0) is 14.0. The van der Waals surface area contributed by atoms with Crippen LogP contribution in [0.4, 0.5) is 5.82 Å². The first kappa shape index (κ1) is 12.7. The molecule has 0 aliphatic carbocycles. The number of aromatic nitrogens is 1. The van der Waals surface area contributed by atoms with Crippen LogP contribution in [0.15, 0.2) is 35.1 Å². The predicted molar refractivity (Wildman–Crippen MR) is 70.9 cm³/mol. The molecule has 92 valence electrons. The van der Waals surface area contributed by atoms with E-state index in [1.54, 1.807) is 30.3 Å². The Morgan fingerprint density at radius 1 is 1.16 bits per heavy atom. The van der Waals surface area contributed by atoms with Crippen molar-refractivity contribution in [1.82, 2.24) is 4.57 Å². The van der Waals surface area contributed by atoms with Gasteiger partial charge in [-0.25, -0.2) is 0 Å². The van der Waals surface area contributed by atoms with Crippen LogP contribution in [0.5, 0.6) is 0 Å². The highest BCUT2D eigenvalue weighted by Gasteiger charge is 2.15. The van der Waals surface area contributed by atoms with Crippen molar-refractivity contribution in [3.8, 4) is 17.8 Å². The minimum absolute atomic E-state index is 0.0420. The highest BCUT2D eigenvalue weighted by atomic mass is 35.5. The monoisotopic (exact) mass is 270 g/mol. The van der Waals surface area contributed by atoms with Gasteiger partial charge in [0.15, 0.2) is 0 Å². The molecule has 1 aromatic carbocycles. The number of nitrogens with two attached hydrogens (primary N) is 1. The van der Waals surface area contributed by atoms with Crippen LogP contribution in [0.3, 0.4) is 0 Å². The molecule has 0 amide bonds. The number of nitrogen functional groups attached to an aromatic ring is 1. The Morgan fingerprint density at radius 2 is 1.79 bits per heavy atom. The highest BCUT2D eigenvalue weighted by Crippen LogP contribution is 2.22. The molecule has 0 unspecified atom stereocenters. The summed E-state index contributed by atoms with van der Waals surface area (Å²) in [5.74, 6) is -0.0420. The molecule has 5 nitrogen and oxygen atoms in total. The third-order valence-electron chi connectivity index (χ3n) is 2.57. The number of halogens is 1. The number of nitrogens with zero attached hydrogens (tertiary/aromatic N) is 3. The number of nitriles is 2. The van der Waals surface area contributed by atoms with E-state index in [1.807, 2.05) is 6.07 Å². The summed E-state index contributed by atoms with van der Waals surface area (Å²) in [6.45, 7) is 0. The summed E-state index contributed by atoms with van der Waals surface area (Å²) in [7, 11) is 0. The second-order valence-corrected chi connectivity index (χ2v) is 4.08. The van der Waals surface area contributed by atoms with Gasteiger partial charge in [-0.2, -0.15) is 10.5 Å². The van der Waals surface area contributed by atoms with Crippen molar-refractivity contribution >= 4 is 17.4 Å². The Labute approximate surface area is 113 Å². The van der Waals surface area contributed by atoms with E-state index in [4.69, 9.17) is 27.9 Å². The lowest BCUT2D eigenvalue weighted by molar-refractivity contribution is 0.991. The van der Waals surface area contributed by atoms with Gasteiger partial charge in [-0.15, -0.1) is 0 Å². The summed E-state index contributed by atoms with van der Waals surface area (Å²) < 4.78 is 1.07. The van der Waals surface area contributed by atoms with E-state index in [1.165, 1.54) is 6.07 Å². The Kier molecular flexibility index (Phi) is 3.24. The number of para-hydroxylation sites is 1. The molecule has 0 radical (unpaired) electrons. The van der Waals surface area contributed by atoms with E-state index in [-0.39, 0.29) is 16.9 Å². The van der Waals surface area contributed by atoms with Crippen molar-refractivity contribution < 1.29 is 0 Å². The fourth-order valence-corrected chi connectivity index (χ4v) is 1.89. The van der Waals surface area contributed by atoms with Gasteiger partial charge in [-0.05, 0) is 18.2 Å². The third kappa shape index (κ3) is 2.03. The SMILES string of the molecule is N#Cc1cc(C#N)c(=O)n(-c2ccccc2Cl)c1N. The molecule has 6 heteroatoms. The maximum atomic E-state index is 12.1. The van der Waals surface area contributed by atoms with E-state index >= 15 is 0 Å². The summed E-state index contributed by atoms with van der Waals surface area (Å²) in [6, 6.07) is 11.3. The lowest BCUT2D eigenvalue weighted by Gasteiger charge is -2.12. The van der Waals surface area contributed by atoms with E-state index < -0.39 is 5.56 Å². The van der Waals surface area contributed by atoms with Crippen LogP contribution in [0.2, 0.25) is 5.02 Å². The molecule has 0 aliphatic heterocycles. The van der Waals surface area contributed by atoms with Gasteiger partial charge in [0.05, 0.1) is 16.3 Å². The first-order chi connectivity index (χ1) is 9.10. The number of anilines is 1. The van der Waals surface area contributed by atoms with E-state index in [0.717, 1.165) is 4.57 Å². The van der Waals surface area contributed by atoms with E-state index in [2.05, 4.69) is 0 Å². The molecule has 0 aliphatic rings. The van der Waals surface area contributed by atoms with Crippen molar-refractivity contribution in [2.45, 2.75) is 0 Å². The Hall–Kier alpha value is -2.76. The fraction of sp³-hybridized carbons (Fsp3) is 0. The minimum atomic E-state index is -0.605. The quantitative estimate of drug-likeness (QED) is 0.855. The molecule has 0 bridgehead atoms. The first-order valence-electron chi connectivity index (χ1n) is 5.20. The molecular weight excluding hydrogens is 264 g/mol. The fourth-order valence-electron chi connectivity index (χ4n) is 1.67. The van der Waals surface area contributed by atoms with Crippen molar-refractivity contribution in [3.63, 3.8) is 0 Å². The number of benzene rings is 1. The average molecular weight is 271 g/mol. The van der Waals surface area contributed by atoms with Gasteiger partial charge in [0, 0.05) is 0 Å². The van der Waals surface area contributed by atoms with Crippen molar-refractivity contribution in [3.05, 3.63) is 56.8 Å². The third-order valence-corrected chi connectivity index (χ3v) is 2.89. The molecule has 19 heavy (non-hydrogen) atoms. The predicted octanol–water partition coefficient (Wildman–Crippen LogP) is 1.82. The smallest absolute Gasteiger partial charge is 0.274 e. The van der Waals surface area contributed by atoms with Crippen LogP contribution in [-0.4, -0.2) is 4.57 Å². The number of pyridine rings is 1. The zero-order valence-corrected chi connectivity index (χ0v) is 10.3. The van der Waals surface area contributed by atoms with Crippen molar-refractivity contribution in [1.29, 1.82) is 10.5 Å². The molecular formula is C13H7ClN4O. The standard InChI is InChI=1S/C13H7ClN4O/c14-10-3-1-2-4-11(10)18-12(17)8(6-15)5-9(7-16)13(18)19/h1-5H,17H2. The maximum absolute atomic E-state index is 12.1. The Balaban J connectivity index is 2.93. The summed E-state index contributed by atoms with van der Waals surface area (Å²) in [6.07, 6.45) is 0. The Morgan fingerprint density at radius 3 is 2.37 bits per heavy atom. The molecule has 0 atom stereocenters. The summed E-state index contributed by atoms with van der Waals surface area (Å²) in [4.78, 5) is 12.1. The van der Waals surface area contributed by atoms with Gasteiger partial charge in [-0.3, -0.25) is 9.36 Å². The van der Waals surface area contributed by atoms with Crippen LogP contribution in [0, 0.1) is 22.7 Å². The molecule has 0 fully saturated rings. The number of hydrogen-bond donors (Lipinski definition) is 1. The maximum Gasteiger partial charge on any atom is 0.274 e. The lowest BCUT2D eigenvalue weighted by Crippen LogP contribution is -2.25. The van der Waals surface area contributed by atoms with Gasteiger partial charge >= 0.3 is 0 Å². The van der Waals surface area contributed by atoms with Crippen molar-refractivity contribution in [2.24, 2.45) is 0 Å². The molecule has 2 rings (SSSR count). The van der Waals surface area contributed by atoms with Crippen LogP contribution in [0.25, 0.3) is 5.69 Å². The molecule has 2 N–H and O–H groups in total. The number of rotatable bonds is 1. The summed E-state index contributed by atoms with van der Waals surface area (Å²) >= 11 is 6.01. The molecule has 1 aromatic heterocycles. The van der Waals surface area contributed by atoms with Gasteiger partial charge in [0.1, 0.15) is 23.5 Å². The molecule has 0 saturated heterocycles. The second kappa shape index (κ2) is 4.85. The molecule has 2 aromatic rings. The summed E-state index contributed by atoms with van der Waals surface area (Å²) in [5.41, 5.74) is 5.41. The topological polar surface area (TPSA) is 95.6 Å². The number of hydrogen-bond acceptors (Lipinski definition) is 4. The van der Waals surface area contributed by atoms with Crippen LogP contribution in [-0.2, 0) is 0 Å². The van der Waals surface area contributed by atoms with Crippen LogP contribution >= 0.6 is 11.6 Å². The highest BCUT2D eigenvalue weighted by molar-refractivity contribution is 6.32. The normalized spacial score (nSPS) is 9.63. The van der Waals surface area contributed by atoms with Gasteiger partial charge in [0.2, 0.25) is 0 Å².